The summed E-state index contributed by atoms with van der Waals surface area (Å²) in [4.78, 5) is 4.37. The van der Waals surface area contributed by atoms with Gasteiger partial charge in [0.1, 0.15) is 12.1 Å². The molecule has 0 unspecified atom stereocenters. The van der Waals surface area contributed by atoms with Crippen LogP contribution in [0, 0.1) is 0 Å². The monoisotopic (exact) mass is 165 g/mol. The van der Waals surface area contributed by atoms with E-state index in [9.17, 15) is 0 Å². The Balaban J connectivity index is 2.17. The zero-order valence-electron chi connectivity index (χ0n) is 6.66. The zero-order chi connectivity index (χ0) is 8.39. The van der Waals surface area contributed by atoms with Gasteiger partial charge in [0.2, 0.25) is 0 Å². The van der Waals surface area contributed by atoms with Crippen molar-refractivity contribution in [3.8, 4) is 0 Å². The van der Waals surface area contributed by atoms with Gasteiger partial charge in [0.25, 0.3) is 0 Å². The standard InChI is InChI=1S/C8H11N3O/c9-11-8(10-7-1-2-7)6-3-4-12-5-6/h3-5,7H,1-2,9H2,(H,10,11). The highest BCUT2D eigenvalue weighted by molar-refractivity contribution is 5.98. The molecule has 1 heterocycles. The van der Waals surface area contributed by atoms with E-state index < -0.39 is 0 Å². The minimum atomic E-state index is 0.464. The van der Waals surface area contributed by atoms with Crippen molar-refractivity contribution in [2.75, 3.05) is 0 Å². The van der Waals surface area contributed by atoms with Crippen molar-refractivity contribution in [3.05, 3.63) is 24.2 Å². The van der Waals surface area contributed by atoms with Gasteiger partial charge >= 0.3 is 0 Å². The second-order valence-corrected chi connectivity index (χ2v) is 2.87. The summed E-state index contributed by atoms with van der Waals surface area (Å²) in [5, 5.41) is 0. The van der Waals surface area contributed by atoms with Crippen LogP contribution in [0.5, 0.6) is 0 Å². The Morgan fingerprint density at radius 2 is 2.50 bits per heavy atom. The number of amidine groups is 1. The number of hydrazine groups is 1. The first-order valence-electron chi connectivity index (χ1n) is 3.97. The highest BCUT2D eigenvalue weighted by atomic mass is 16.3. The summed E-state index contributed by atoms with van der Waals surface area (Å²) < 4.78 is 4.92. The summed E-state index contributed by atoms with van der Waals surface area (Å²) in [7, 11) is 0. The van der Waals surface area contributed by atoms with Crippen LogP contribution in [0.4, 0.5) is 0 Å². The Kier molecular flexibility index (Phi) is 1.83. The summed E-state index contributed by atoms with van der Waals surface area (Å²) in [5.41, 5.74) is 3.47. The molecule has 0 spiro atoms. The topological polar surface area (TPSA) is 63.5 Å². The summed E-state index contributed by atoms with van der Waals surface area (Å²) in [6.07, 6.45) is 5.57. The van der Waals surface area contributed by atoms with E-state index in [0.29, 0.717) is 11.9 Å². The molecule has 64 valence electrons. The SMILES string of the molecule is NNC(=NC1CC1)c1ccoc1. The molecule has 1 saturated carbocycles. The molecule has 12 heavy (non-hydrogen) atoms. The molecule has 1 aromatic heterocycles. The van der Waals surface area contributed by atoms with Crippen molar-refractivity contribution < 1.29 is 4.42 Å². The second-order valence-electron chi connectivity index (χ2n) is 2.87. The number of hydrogen-bond donors (Lipinski definition) is 2. The van der Waals surface area contributed by atoms with Gasteiger partial charge in [0.05, 0.1) is 17.9 Å². The Morgan fingerprint density at radius 3 is 3.00 bits per heavy atom. The Labute approximate surface area is 70.4 Å². The van der Waals surface area contributed by atoms with Crippen LogP contribution in [0.2, 0.25) is 0 Å². The van der Waals surface area contributed by atoms with Crippen molar-refractivity contribution in [3.63, 3.8) is 0 Å². The summed E-state index contributed by atoms with van der Waals surface area (Å²) in [5.74, 6) is 6.03. The third kappa shape index (κ3) is 1.48. The summed E-state index contributed by atoms with van der Waals surface area (Å²) in [6, 6.07) is 2.30. The first kappa shape index (κ1) is 7.36. The second kappa shape index (κ2) is 2.98. The number of rotatable bonds is 2. The predicted octanol–water partition coefficient (Wildman–Crippen LogP) is 0.652. The van der Waals surface area contributed by atoms with Crippen LogP contribution >= 0.6 is 0 Å². The lowest BCUT2D eigenvalue weighted by atomic mass is 10.3. The molecule has 0 atom stereocenters. The molecule has 1 aliphatic carbocycles. The molecule has 0 radical (unpaired) electrons. The summed E-state index contributed by atoms with van der Waals surface area (Å²) >= 11 is 0. The van der Waals surface area contributed by atoms with Gasteiger partial charge in [-0.1, -0.05) is 0 Å². The van der Waals surface area contributed by atoms with Crippen LogP contribution in [-0.4, -0.2) is 11.9 Å². The van der Waals surface area contributed by atoms with E-state index in [4.69, 9.17) is 10.3 Å². The van der Waals surface area contributed by atoms with Gasteiger partial charge in [-0.2, -0.15) is 0 Å². The van der Waals surface area contributed by atoms with Crippen LogP contribution in [0.15, 0.2) is 28.0 Å². The maximum atomic E-state index is 5.32. The van der Waals surface area contributed by atoms with E-state index in [1.807, 2.05) is 6.07 Å². The van der Waals surface area contributed by atoms with Gasteiger partial charge in [0, 0.05) is 0 Å². The maximum absolute atomic E-state index is 5.32. The van der Waals surface area contributed by atoms with Gasteiger partial charge in [-0.15, -0.1) is 0 Å². The lowest BCUT2D eigenvalue weighted by molar-refractivity contribution is 0.566. The molecule has 1 fully saturated rings. The summed E-state index contributed by atoms with van der Waals surface area (Å²) in [6.45, 7) is 0. The number of nitrogens with zero attached hydrogens (tertiary/aromatic N) is 1. The zero-order valence-corrected chi connectivity index (χ0v) is 6.66. The fourth-order valence-electron chi connectivity index (χ4n) is 0.981. The fourth-order valence-corrected chi connectivity index (χ4v) is 0.981. The van der Waals surface area contributed by atoms with Gasteiger partial charge in [0.15, 0.2) is 0 Å². The first-order valence-corrected chi connectivity index (χ1v) is 3.97. The van der Waals surface area contributed by atoms with Gasteiger partial charge < -0.3 is 9.84 Å². The molecule has 4 nitrogen and oxygen atoms in total. The largest absolute Gasteiger partial charge is 0.472 e. The molecule has 1 aliphatic rings. The van der Waals surface area contributed by atoms with Crippen LogP contribution in [0.25, 0.3) is 0 Å². The lowest BCUT2D eigenvalue weighted by Gasteiger charge is -2.00. The molecule has 1 aromatic rings. The smallest absolute Gasteiger partial charge is 0.146 e. The van der Waals surface area contributed by atoms with Crippen LogP contribution in [-0.2, 0) is 0 Å². The Bertz CT molecular complexity index is 275. The number of hydrogen-bond acceptors (Lipinski definition) is 3. The van der Waals surface area contributed by atoms with Crippen molar-refractivity contribution in [2.24, 2.45) is 10.8 Å². The quantitative estimate of drug-likeness (QED) is 0.293. The Hall–Kier alpha value is -1.29. The number of furan rings is 1. The number of aliphatic imine (C=N–C) groups is 1. The van der Waals surface area contributed by atoms with E-state index in [1.165, 1.54) is 12.8 Å². The van der Waals surface area contributed by atoms with Crippen molar-refractivity contribution in [1.82, 2.24) is 5.43 Å². The van der Waals surface area contributed by atoms with E-state index in [-0.39, 0.29) is 0 Å². The van der Waals surface area contributed by atoms with Gasteiger partial charge in [-0.05, 0) is 18.9 Å². The normalized spacial score (nSPS) is 17.9. The third-order valence-electron chi connectivity index (χ3n) is 1.79. The molecule has 0 aliphatic heterocycles. The highest BCUT2D eigenvalue weighted by Crippen LogP contribution is 2.24. The number of nitrogens with one attached hydrogen (secondary N) is 1. The molecule has 4 heteroatoms. The fraction of sp³-hybridized carbons (Fsp3) is 0.375. The molecule has 3 N–H and O–H groups in total. The van der Waals surface area contributed by atoms with E-state index in [0.717, 1.165) is 5.56 Å². The predicted molar refractivity (Wildman–Crippen MR) is 45.6 cm³/mol. The third-order valence-corrected chi connectivity index (χ3v) is 1.79. The maximum Gasteiger partial charge on any atom is 0.146 e. The Morgan fingerprint density at radius 1 is 1.67 bits per heavy atom. The molecular formula is C8H11N3O. The molecule has 0 aromatic carbocycles. The molecule has 2 rings (SSSR count). The first-order chi connectivity index (χ1) is 5.90. The van der Waals surface area contributed by atoms with Crippen LogP contribution in [0.1, 0.15) is 18.4 Å². The van der Waals surface area contributed by atoms with Gasteiger partial charge in [-0.25, -0.2) is 5.84 Å². The van der Waals surface area contributed by atoms with Crippen LogP contribution < -0.4 is 11.3 Å². The van der Waals surface area contributed by atoms with Gasteiger partial charge in [-0.3, -0.25) is 4.99 Å². The van der Waals surface area contributed by atoms with E-state index in [1.54, 1.807) is 12.5 Å². The average molecular weight is 165 g/mol. The molecule has 0 bridgehead atoms. The molecule has 0 amide bonds. The van der Waals surface area contributed by atoms with Crippen molar-refractivity contribution in [2.45, 2.75) is 18.9 Å². The van der Waals surface area contributed by atoms with E-state index >= 15 is 0 Å². The van der Waals surface area contributed by atoms with Crippen molar-refractivity contribution in [1.29, 1.82) is 0 Å². The minimum Gasteiger partial charge on any atom is -0.472 e. The van der Waals surface area contributed by atoms with Crippen LogP contribution in [0.3, 0.4) is 0 Å². The van der Waals surface area contributed by atoms with Crippen molar-refractivity contribution >= 4 is 5.84 Å². The average Bonchev–Trinajstić information content (AvgIpc) is 2.74. The molecule has 0 saturated heterocycles. The minimum absolute atomic E-state index is 0.464. The lowest BCUT2D eigenvalue weighted by Crippen LogP contribution is -2.31. The van der Waals surface area contributed by atoms with E-state index in [2.05, 4.69) is 10.4 Å². The number of nitrogens with two attached hydrogens (primary N) is 1. The molecular weight excluding hydrogens is 154 g/mol. The highest BCUT2D eigenvalue weighted by Gasteiger charge is 2.21.